The minimum Gasteiger partial charge on any atom is -0.450 e. The van der Waals surface area contributed by atoms with E-state index in [1.54, 1.807) is 11.8 Å². The predicted molar refractivity (Wildman–Crippen MR) is 90.4 cm³/mol. The first-order chi connectivity index (χ1) is 12.2. The molecule has 3 rings (SSSR count). The van der Waals surface area contributed by atoms with Gasteiger partial charge in [-0.1, -0.05) is 18.2 Å². The van der Waals surface area contributed by atoms with Gasteiger partial charge in [0.25, 0.3) is 5.91 Å². The lowest BCUT2D eigenvalue weighted by atomic mass is 10.1. The summed E-state index contributed by atoms with van der Waals surface area (Å²) in [6, 6.07) is 9.43. The summed E-state index contributed by atoms with van der Waals surface area (Å²) in [6.45, 7) is 3.29. The quantitative estimate of drug-likeness (QED) is 0.911. The van der Waals surface area contributed by atoms with Gasteiger partial charge in [-0.3, -0.25) is 4.79 Å². The van der Waals surface area contributed by atoms with Crippen LogP contribution in [-0.4, -0.2) is 57.6 Å². The van der Waals surface area contributed by atoms with Gasteiger partial charge in [-0.25, -0.2) is 4.79 Å². The number of ether oxygens (including phenoxy) is 1. The molecule has 0 radical (unpaired) electrons. The molecule has 0 spiro atoms. The van der Waals surface area contributed by atoms with Gasteiger partial charge in [-0.2, -0.15) is 9.90 Å². The molecule has 1 fully saturated rings. The Hall–Kier alpha value is -2.90. The fourth-order valence-electron chi connectivity index (χ4n) is 2.73. The van der Waals surface area contributed by atoms with E-state index in [1.165, 1.54) is 11.0 Å². The summed E-state index contributed by atoms with van der Waals surface area (Å²) in [5.74, 6) is -0.253. The molecule has 1 aromatic carbocycles. The maximum atomic E-state index is 12.3. The number of carbonyl (C=O) groups is 2. The normalized spacial score (nSPS) is 15.0. The lowest BCUT2D eigenvalue weighted by Gasteiger charge is -2.31. The van der Waals surface area contributed by atoms with E-state index in [9.17, 15) is 9.59 Å². The highest BCUT2D eigenvalue weighted by atomic mass is 16.6. The summed E-state index contributed by atoms with van der Waals surface area (Å²) in [5.41, 5.74) is 1.07. The maximum Gasteiger partial charge on any atom is 0.409 e. The van der Waals surface area contributed by atoms with Crippen LogP contribution in [0.25, 0.3) is 5.69 Å². The summed E-state index contributed by atoms with van der Waals surface area (Å²) in [5, 5.41) is 11.3. The molecule has 1 N–H and O–H groups in total. The molecule has 132 valence electrons. The fourth-order valence-corrected chi connectivity index (χ4v) is 2.73. The standard InChI is InChI=1S/C17H21N5O3/c1-2-25-17(24)21-10-8-13(9-11-21)19-16(23)15-12-18-22(20-15)14-6-4-3-5-7-14/h3-7,12-13H,2,8-11H2,1H3,(H,19,23). The largest absolute Gasteiger partial charge is 0.450 e. The Morgan fingerprint density at radius 1 is 1.24 bits per heavy atom. The van der Waals surface area contributed by atoms with Gasteiger partial charge in [0.1, 0.15) is 0 Å². The minimum absolute atomic E-state index is 0.0139. The number of likely N-dealkylation sites (tertiary alicyclic amines) is 1. The summed E-state index contributed by atoms with van der Waals surface area (Å²) in [7, 11) is 0. The first-order valence-electron chi connectivity index (χ1n) is 8.37. The Bertz CT molecular complexity index is 723. The third-order valence-corrected chi connectivity index (χ3v) is 4.07. The van der Waals surface area contributed by atoms with Crippen LogP contribution in [0.5, 0.6) is 0 Å². The van der Waals surface area contributed by atoms with Gasteiger partial charge < -0.3 is 15.0 Å². The van der Waals surface area contributed by atoms with Crippen LogP contribution < -0.4 is 5.32 Å². The highest BCUT2D eigenvalue weighted by Gasteiger charge is 2.25. The van der Waals surface area contributed by atoms with E-state index in [1.807, 2.05) is 30.3 Å². The number of benzene rings is 1. The van der Waals surface area contributed by atoms with Crippen molar-refractivity contribution in [2.75, 3.05) is 19.7 Å². The van der Waals surface area contributed by atoms with E-state index >= 15 is 0 Å². The average Bonchev–Trinajstić information content (AvgIpc) is 3.13. The second-order valence-corrected chi connectivity index (χ2v) is 5.79. The molecule has 8 heteroatoms. The van der Waals surface area contributed by atoms with Crippen molar-refractivity contribution in [1.82, 2.24) is 25.2 Å². The Morgan fingerprint density at radius 3 is 2.64 bits per heavy atom. The van der Waals surface area contributed by atoms with E-state index in [-0.39, 0.29) is 23.7 Å². The first-order valence-corrected chi connectivity index (χ1v) is 8.37. The van der Waals surface area contributed by atoms with Crippen LogP contribution >= 0.6 is 0 Å². The van der Waals surface area contributed by atoms with Gasteiger partial charge in [-0.15, -0.1) is 5.10 Å². The molecule has 25 heavy (non-hydrogen) atoms. The number of nitrogens with one attached hydrogen (secondary N) is 1. The van der Waals surface area contributed by atoms with E-state index in [0.29, 0.717) is 32.5 Å². The molecule has 2 amide bonds. The van der Waals surface area contributed by atoms with Crippen LogP contribution in [0.15, 0.2) is 36.5 Å². The lowest BCUT2D eigenvalue weighted by molar-refractivity contribution is 0.0856. The molecule has 8 nitrogen and oxygen atoms in total. The molecule has 0 aliphatic carbocycles. The third kappa shape index (κ3) is 4.14. The predicted octanol–water partition coefficient (Wildman–Crippen LogP) is 1.62. The Labute approximate surface area is 145 Å². The molecule has 1 saturated heterocycles. The highest BCUT2D eigenvalue weighted by molar-refractivity contribution is 5.92. The van der Waals surface area contributed by atoms with Gasteiger partial charge in [0.2, 0.25) is 0 Å². The number of hydrogen-bond acceptors (Lipinski definition) is 5. The number of hydrogen-bond donors (Lipinski definition) is 1. The van der Waals surface area contributed by atoms with Crippen LogP contribution in [0.3, 0.4) is 0 Å². The van der Waals surface area contributed by atoms with Crippen molar-refractivity contribution in [1.29, 1.82) is 0 Å². The zero-order valence-corrected chi connectivity index (χ0v) is 14.1. The van der Waals surface area contributed by atoms with Gasteiger partial charge in [-0.05, 0) is 31.9 Å². The molecular weight excluding hydrogens is 322 g/mol. The smallest absolute Gasteiger partial charge is 0.409 e. The molecule has 0 bridgehead atoms. The lowest BCUT2D eigenvalue weighted by Crippen LogP contribution is -2.46. The van der Waals surface area contributed by atoms with Crippen molar-refractivity contribution in [2.24, 2.45) is 0 Å². The number of rotatable bonds is 4. The second-order valence-electron chi connectivity index (χ2n) is 5.79. The maximum absolute atomic E-state index is 12.3. The van der Waals surface area contributed by atoms with Crippen molar-refractivity contribution < 1.29 is 14.3 Å². The van der Waals surface area contributed by atoms with Gasteiger partial charge in [0, 0.05) is 19.1 Å². The zero-order chi connectivity index (χ0) is 17.6. The number of para-hydroxylation sites is 1. The summed E-state index contributed by atoms with van der Waals surface area (Å²) < 4.78 is 4.99. The Morgan fingerprint density at radius 2 is 1.96 bits per heavy atom. The molecule has 1 aromatic heterocycles. The molecule has 1 aliphatic heterocycles. The van der Waals surface area contributed by atoms with Crippen molar-refractivity contribution >= 4 is 12.0 Å². The number of carbonyl (C=O) groups excluding carboxylic acids is 2. The van der Waals surface area contributed by atoms with Gasteiger partial charge >= 0.3 is 6.09 Å². The van der Waals surface area contributed by atoms with Crippen LogP contribution in [0.1, 0.15) is 30.3 Å². The second kappa shape index (κ2) is 7.78. The number of aromatic nitrogens is 3. The van der Waals surface area contributed by atoms with Crippen LogP contribution in [0.2, 0.25) is 0 Å². The number of amides is 2. The van der Waals surface area contributed by atoms with E-state index in [0.717, 1.165) is 5.69 Å². The van der Waals surface area contributed by atoms with E-state index < -0.39 is 0 Å². The Kier molecular flexibility index (Phi) is 5.27. The third-order valence-electron chi connectivity index (χ3n) is 4.07. The molecule has 0 saturated carbocycles. The Balaban J connectivity index is 1.54. The number of piperidine rings is 1. The summed E-state index contributed by atoms with van der Waals surface area (Å²) >= 11 is 0. The molecule has 2 heterocycles. The van der Waals surface area contributed by atoms with Crippen molar-refractivity contribution in [2.45, 2.75) is 25.8 Å². The SMILES string of the molecule is CCOC(=O)N1CCC(NC(=O)c2cnn(-c3ccccc3)n2)CC1. The van der Waals surface area contributed by atoms with Crippen LogP contribution in [0.4, 0.5) is 4.79 Å². The molecule has 0 atom stereocenters. The van der Waals surface area contributed by atoms with Crippen molar-refractivity contribution in [3.05, 3.63) is 42.2 Å². The molecule has 0 unspecified atom stereocenters. The topological polar surface area (TPSA) is 89.4 Å². The van der Waals surface area contributed by atoms with Crippen LogP contribution in [-0.2, 0) is 4.74 Å². The van der Waals surface area contributed by atoms with Gasteiger partial charge in [0.05, 0.1) is 18.5 Å². The summed E-state index contributed by atoms with van der Waals surface area (Å²) in [6.07, 6.45) is 2.54. The molecule has 2 aromatic rings. The van der Waals surface area contributed by atoms with Gasteiger partial charge in [0.15, 0.2) is 5.69 Å². The van der Waals surface area contributed by atoms with Crippen molar-refractivity contribution in [3.8, 4) is 5.69 Å². The monoisotopic (exact) mass is 343 g/mol. The zero-order valence-electron chi connectivity index (χ0n) is 14.1. The highest BCUT2D eigenvalue weighted by Crippen LogP contribution is 2.12. The molecular formula is C17H21N5O3. The average molecular weight is 343 g/mol. The number of nitrogens with zero attached hydrogens (tertiary/aromatic N) is 4. The van der Waals surface area contributed by atoms with E-state index in [2.05, 4.69) is 15.5 Å². The minimum atomic E-state index is -0.293. The first kappa shape index (κ1) is 16.9. The fraction of sp³-hybridized carbons (Fsp3) is 0.412. The van der Waals surface area contributed by atoms with E-state index in [4.69, 9.17) is 4.74 Å². The van der Waals surface area contributed by atoms with Crippen molar-refractivity contribution in [3.63, 3.8) is 0 Å². The molecule has 1 aliphatic rings. The van der Waals surface area contributed by atoms with Crippen LogP contribution in [0, 0.1) is 0 Å². The summed E-state index contributed by atoms with van der Waals surface area (Å²) in [4.78, 5) is 27.1.